The second-order valence-corrected chi connectivity index (χ2v) is 6.95. The number of methoxy groups -OCH3 is 1. The zero-order valence-electron chi connectivity index (χ0n) is 15.9. The molecular formula is C23H24ClNO2. The number of hydrogen-bond donors (Lipinski definition) is 1. The van der Waals surface area contributed by atoms with Crippen LogP contribution in [0.25, 0.3) is 0 Å². The van der Waals surface area contributed by atoms with Crippen LogP contribution in [0.3, 0.4) is 0 Å². The number of benzene rings is 3. The minimum atomic E-state index is 0.448. The molecule has 0 radical (unpaired) electrons. The lowest BCUT2D eigenvalue weighted by atomic mass is 10.1. The minimum absolute atomic E-state index is 0.448. The molecule has 0 unspecified atom stereocenters. The fraction of sp³-hybridized carbons (Fsp3) is 0.217. The van der Waals surface area contributed by atoms with Crippen LogP contribution in [-0.4, -0.2) is 7.11 Å². The van der Waals surface area contributed by atoms with Gasteiger partial charge in [0.05, 0.1) is 12.1 Å². The van der Waals surface area contributed by atoms with Gasteiger partial charge in [-0.3, -0.25) is 0 Å². The van der Waals surface area contributed by atoms with Crippen molar-refractivity contribution in [3.05, 3.63) is 87.9 Å². The van der Waals surface area contributed by atoms with Crippen molar-refractivity contribution >= 4 is 17.3 Å². The van der Waals surface area contributed by atoms with Crippen LogP contribution in [0.1, 0.15) is 22.3 Å². The summed E-state index contributed by atoms with van der Waals surface area (Å²) in [5, 5.41) is 3.94. The largest absolute Gasteiger partial charge is 0.493 e. The molecule has 3 aromatic rings. The van der Waals surface area contributed by atoms with E-state index in [1.807, 2.05) is 24.3 Å². The number of nitrogens with one attached hydrogen (secondary N) is 1. The average molecular weight is 382 g/mol. The van der Waals surface area contributed by atoms with Crippen molar-refractivity contribution in [1.29, 1.82) is 0 Å². The maximum Gasteiger partial charge on any atom is 0.180 e. The van der Waals surface area contributed by atoms with Crippen LogP contribution in [0.15, 0.2) is 60.7 Å². The van der Waals surface area contributed by atoms with E-state index in [1.165, 1.54) is 11.1 Å². The fourth-order valence-electron chi connectivity index (χ4n) is 2.81. The summed E-state index contributed by atoms with van der Waals surface area (Å²) in [6, 6.07) is 20.3. The van der Waals surface area contributed by atoms with Crippen LogP contribution in [0.4, 0.5) is 5.69 Å². The van der Waals surface area contributed by atoms with Gasteiger partial charge in [0, 0.05) is 12.2 Å². The van der Waals surface area contributed by atoms with Gasteiger partial charge in [0.2, 0.25) is 0 Å². The predicted molar refractivity (Wildman–Crippen MR) is 112 cm³/mol. The van der Waals surface area contributed by atoms with Gasteiger partial charge in [0.25, 0.3) is 0 Å². The monoisotopic (exact) mass is 381 g/mol. The van der Waals surface area contributed by atoms with Crippen LogP contribution in [0.2, 0.25) is 5.02 Å². The molecule has 0 saturated heterocycles. The highest BCUT2D eigenvalue weighted by Gasteiger charge is 2.13. The minimum Gasteiger partial charge on any atom is -0.493 e. The molecule has 0 amide bonds. The summed E-state index contributed by atoms with van der Waals surface area (Å²) >= 11 is 6.49. The summed E-state index contributed by atoms with van der Waals surface area (Å²) in [6.07, 6.45) is 0. The number of hydrogen-bond acceptors (Lipinski definition) is 3. The van der Waals surface area contributed by atoms with E-state index in [0.717, 1.165) is 16.8 Å². The standard InChI is InChI=1S/C23H24ClNO2/c1-16-8-10-20(11-9-16)25-14-18-12-21(24)23(22(13-18)26-3)27-15-19-7-5-4-6-17(19)2/h4-13,25H,14-15H2,1-3H3. The fourth-order valence-corrected chi connectivity index (χ4v) is 3.10. The molecule has 0 heterocycles. The van der Waals surface area contributed by atoms with Crippen molar-refractivity contribution in [1.82, 2.24) is 0 Å². The Morgan fingerprint density at radius 3 is 2.41 bits per heavy atom. The molecule has 0 atom stereocenters. The van der Waals surface area contributed by atoms with Crippen LogP contribution in [0, 0.1) is 13.8 Å². The molecule has 0 aliphatic carbocycles. The molecule has 0 aliphatic heterocycles. The van der Waals surface area contributed by atoms with E-state index in [2.05, 4.69) is 55.6 Å². The Morgan fingerprint density at radius 2 is 1.70 bits per heavy atom. The first-order valence-corrected chi connectivity index (χ1v) is 9.29. The number of rotatable bonds is 7. The molecule has 3 rings (SSSR count). The van der Waals surface area contributed by atoms with Crippen molar-refractivity contribution in [3.8, 4) is 11.5 Å². The van der Waals surface area contributed by atoms with E-state index in [-0.39, 0.29) is 0 Å². The summed E-state index contributed by atoms with van der Waals surface area (Å²) in [5.41, 5.74) is 5.64. The van der Waals surface area contributed by atoms with E-state index >= 15 is 0 Å². The number of aryl methyl sites for hydroxylation is 2. The van der Waals surface area contributed by atoms with Crippen LogP contribution < -0.4 is 14.8 Å². The third-order valence-electron chi connectivity index (χ3n) is 4.47. The normalized spacial score (nSPS) is 10.5. The Bertz CT molecular complexity index is 907. The highest BCUT2D eigenvalue weighted by atomic mass is 35.5. The third kappa shape index (κ3) is 4.95. The van der Waals surface area contributed by atoms with Crippen LogP contribution in [0.5, 0.6) is 11.5 Å². The van der Waals surface area contributed by atoms with E-state index in [1.54, 1.807) is 7.11 Å². The smallest absolute Gasteiger partial charge is 0.180 e. The molecular weight excluding hydrogens is 358 g/mol. The molecule has 3 nitrogen and oxygen atoms in total. The van der Waals surface area contributed by atoms with Crippen molar-refractivity contribution in [2.45, 2.75) is 27.0 Å². The van der Waals surface area contributed by atoms with Crippen LogP contribution >= 0.6 is 11.6 Å². The van der Waals surface area contributed by atoms with Crippen molar-refractivity contribution in [2.75, 3.05) is 12.4 Å². The molecule has 4 heteroatoms. The lowest BCUT2D eigenvalue weighted by Gasteiger charge is -2.15. The Kier molecular flexibility index (Phi) is 6.25. The summed E-state index contributed by atoms with van der Waals surface area (Å²) in [4.78, 5) is 0. The van der Waals surface area contributed by atoms with Gasteiger partial charge in [-0.2, -0.15) is 0 Å². The van der Waals surface area contributed by atoms with Gasteiger partial charge in [0.15, 0.2) is 11.5 Å². The second-order valence-electron chi connectivity index (χ2n) is 6.54. The van der Waals surface area contributed by atoms with Gasteiger partial charge in [-0.15, -0.1) is 0 Å². The van der Waals surface area contributed by atoms with E-state index in [4.69, 9.17) is 21.1 Å². The third-order valence-corrected chi connectivity index (χ3v) is 4.75. The lowest BCUT2D eigenvalue weighted by Crippen LogP contribution is -2.03. The van der Waals surface area contributed by atoms with Gasteiger partial charge in [-0.1, -0.05) is 53.6 Å². The summed E-state index contributed by atoms with van der Waals surface area (Å²) in [5.74, 6) is 1.21. The van der Waals surface area contributed by atoms with Gasteiger partial charge in [0.1, 0.15) is 6.61 Å². The zero-order chi connectivity index (χ0) is 19.2. The van der Waals surface area contributed by atoms with E-state index in [0.29, 0.717) is 29.7 Å². The number of ether oxygens (including phenoxy) is 2. The second kappa shape index (κ2) is 8.83. The van der Waals surface area contributed by atoms with Gasteiger partial charge >= 0.3 is 0 Å². The Labute approximate surface area is 165 Å². The molecule has 0 bridgehead atoms. The van der Waals surface area contributed by atoms with E-state index in [9.17, 15) is 0 Å². The van der Waals surface area contributed by atoms with E-state index < -0.39 is 0 Å². The molecule has 3 aromatic carbocycles. The Balaban J connectivity index is 1.72. The molecule has 27 heavy (non-hydrogen) atoms. The highest BCUT2D eigenvalue weighted by molar-refractivity contribution is 6.32. The first-order valence-electron chi connectivity index (χ1n) is 8.91. The molecule has 0 saturated carbocycles. The van der Waals surface area contributed by atoms with Crippen molar-refractivity contribution in [3.63, 3.8) is 0 Å². The first kappa shape index (κ1) is 19.1. The lowest BCUT2D eigenvalue weighted by molar-refractivity contribution is 0.284. The number of halogens is 1. The highest BCUT2D eigenvalue weighted by Crippen LogP contribution is 2.37. The molecule has 0 fully saturated rings. The average Bonchev–Trinajstić information content (AvgIpc) is 2.67. The van der Waals surface area contributed by atoms with Gasteiger partial charge in [-0.05, 0) is 54.8 Å². The quantitative estimate of drug-likeness (QED) is 0.531. The van der Waals surface area contributed by atoms with Gasteiger partial charge < -0.3 is 14.8 Å². The van der Waals surface area contributed by atoms with Gasteiger partial charge in [-0.25, -0.2) is 0 Å². The number of anilines is 1. The molecule has 1 N–H and O–H groups in total. The Morgan fingerprint density at radius 1 is 0.963 bits per heavy atom. The first-order chi connectivity index (χ1) is 13.1. The maximum atomic E-state index is 6.49. The molecule has 0 spiro atoms. The topological polar surface area (TPSA) is 30.5 Å². The van der Waals surface area contributed by atoms with Crippen LogP contribution in [-0.2, 0) is 13.2 Å². The summed E-state index contributed by atoms with van der Waals surface area (Å²) < 4.78 is 11.5. The summed E-state index contributed by atoms with van der Waals surface area (Å²) in [6.45, 7) is 5.24. The van der Waals surface area contributed by atoms with Crippen molar-refractivity contribution in [2.24, 2.45) is 0 Å². The SMILES string of the molecule is COc1cc(CNc2ccc(C)cc2)cc(Cl)c1OCc1ccccc1C. The van der Waals surface area contributed by atoms with Crippen molar-refractivity contribution < 1.29 is 9.47 Å². The summed E-state index contributed by atoms with van der Waals surface area (Å²) in [7, 11) is 1.63. The molecule has 0 aromatic heterocycles. The predicted octanol–water partition coefficient (Wildman–Crippen LogP) is 6.16. The molecule has 0 aliphatic rings. The zero-order valence-corrected chi connectivity index (χ0v) is 16.6. The molecule has 140 valence electrons. The maximum absolute atomic E-state index is 6.49. The Hall–Kier alpha value is -2.65.